The summed E-state index contributed by atoms with van der Waals surface area (Å²) in [6, 6.07) is -3.70. The van der Waals surface area contributed by atoms with E-state index in [2.05, 4.69) is 10.6 Å². The van der Waals surface area contributed by atoms with Crippen molar-refractivity contribution in [1.29, 1.82) is 0 Å². The molecule has 2 saturated heterocycles. The van der Waals surface area contributed by atoms with E-state index in [1.807, 2.05) is 13.8 Å². The monoisotopic (exact) mass is 595 g/mol. The molecule has 0 saturated carbocycles. The molecule has 42 heavy (non-hydrogen) atoms. The topological polar surface area (TPSA) is 166 Å². The highest BCUT2D eigenvalue weighted by Crippen LogP contribution is 2.23. The van der Waals surface area contributed by atoms with Gasteiger partial charge in [0, 0.05) is 33.6 Å². The first-order valence-corrected chi connectivity index (χ1v) is 14.9. The predicted molar refractivity (Wildman–Crippen MR) is 154 cm³/mol. The van der Waals surface area contributed by atoms with Crippen molar-refractivity contribution < 1.29 is 38.6 Å². The first kappa shape index (κ1) is 35.0. The number of fused-ring (bicyclic) bond motifs is 1. The molecule has 2 aliphatic rings. The minimum atomic E-state index is -1.32. The number of rotatable bonds is 5. The molecule has 0 spiro atoms. The Morgan fingerprint density at radius 2 is 1.60 bits per heavy atom. The van der Waals surface area contributed by atoms with Crippen LogP contribution in [0.3, 0.4) is 0 Å². The van der Waals surface area contributed by atoms with E-state index in [0.29, 0.717) is 19.3 Å². The molecule has 2 fully saturated rings. The molecule has 13 nitrogen and oxygen atoms in total. The summed E-state index contributed by atoms with van der Waals surface area (Å²) in [5.41, 5.74) is 0. The molecule has 7 atom stereocenters. The number of carbonyl (C=O) groups excluding carboxylic acids is 6. The van der Waals surface area contributed by atoms with Crippen molar-refractivity contribution in [2.24, 2.45) is 11.8 Å². The molecule has 0 aliphatic carbocycles. The Morgan fingerprint density at radius 3 is 2.17 bits per heavy atom. The van der Waals surface area contributed by atoms with Crippen LogP contribution in [0, 0.1) is 11.8 Å². The van der Waals surface area contributed by atoms with Crippen LogP contribution in [0.5, 0.6) is 0 Å². The zero-order valence-corrected chi connectivity index (χ0v) is 26.2. The van der Waals surface area contributed by atoms with Crippen LogP contribution < -0.4 is 10.6 Å². The van der Waals surface area contributed by atoms with Gasteiger partial charge in [-0.1, -0.05) is 34.1 Å². The van der Waals surface area contributed by atoms with Gasteiger partial charge < -0.3 is 35.2 Å². The zero-order chi connectivity index (χ0) is 31.9. The highest BCUT2D eigenvalue weighted by molar-refractivity contribution is 5.96. The Bertz CT molecular complexity index is 1020. The van der Waals surface area contributed by atoms with Gasteiger partial charge in [-0.3, -0.25) is 28.8 Å². The van der Waals surface area contributed by atoms with Crippen LogP contribution in [-0.2, 0) is 33.5 Å². The van der Waals surface area contributed by atoms with Gasteiger partial charge in [0.25, 0.3) is 5.91 Å². The lowest BCUT2D eigenvalue weighted by Gasteiger charge is -2.38. The normalized spacial score (nSPS) is 29.3. The second kappa shape index (κ2) is 15.3. The first-order chi connectivity index (χ1) is 19.6. The Hall–Kier alpha value is -3.22. The molecule has 0 radical (unpaired) electrons. The smallest absolute Gasteiger partial charge is 0.308 e. The van der Waals surface area contributed by atoms with E-state index < -0.39 is 71.9 Å². The lowest BCUT2D eigenvalue weighted by molar-refractivity contribution is -0.163. The molecule has 4 unspecified atom stereocenters. The van der Waals surface area contributed by atoms with E-state index in [1.165, 1.54) is 35.7 Å². The maximum atomic E-state index is 13.9. The van der Waals surface area contributed by atoms with Crippen molar-refractivity contribution in [3.05, 3.63) is 0 Å². The average Bonchev–Trinajstić information content (AvgIpc) is 3.42. The molecule has 0 aromatic heterocycles. The molecule has 0 aromatic rings. The lowest BCUT2D eigenvalue weighted by atomic mass is 9.94. The van der Waals surface area contributed by atoms with Gasteiger partial charge in [0.05, 0.1) is 12.5 Å². The number of nitrogens with zero attached hydrogens (tertiary/aromatic N) is 3. The number of amides is 5. The summed E-state index contributed by atoms with van der Waals surface area (Å²) in [5, 5.41) is 15.5. The van der Waals surface area contributed by atoms with Crippen LogP contribution in [-0.4, -0.2) is 119 Å². The van der Waals surface area contributed by atoms with Crippen molar-refractivity contribution >= 4 is 35.5 Å². The Kier molecular flexibility index (Phi) is 12.7. The largest absolute Gasteiger partial charge is 0.452 e. The summed E-state index contributed by atoms with van der Waals surface area (Å²) in [5.74, 6) is -3.88. The Morgan fingerprint density at radius 1 is 0.952 bits per heavy atom. The van der Waals surface area contributed by atoms with Crippen LogP contribution in [0.25, 0.3) is 0 Å². The summed E-state index contributed by atoms with van der Waals surface area (Å²) >= 11 is 0. The second-order valence-corrected chi connectivity index (χ2v) is 11.9. The van der Waals surface area contributed by atoms with E-state index in [-0.39, 0.29) is 37.8 Å². The zero-order valence-electron chi connectivity index (χ0n) is 26.2. The Balaban J connectivity index is 2.54. The number of esters is 1. The minimum absolute atomic E-state index is 0.100. The maximum absolute atomic E-state index is 13.9. The summed E-state index contributed by atoms with van der Waals surface area (Å²) < 4.78 is 5.43. The van der Waals surface area contributed by atoms with E-state index >= 15 is 0 Å². The molecule has 3 N–H and O–H groups in total. The summed E-state index contributed by atoms with van der Waals surface area (Å²) in [7, 11) is 2.99. The van der Waals surface area contributed by atoms with Gasteiger partial charge in [-0.05, 0) is 38.5 Å². The van der Waals surface area contributed by atoms with Crippen LogP contribution >= 0.6 is 0 Å². The standard InChI is InChI=1S/C29H49N5O8/c1-9-17(4)23-28(40)33(8)24(16(2)3)29(41)32(7)19(6)25(37)30-13-12-22(36)42-21(15-18(5)35)27(39)34-14-10-11-20(34)26(38)31-23/h16-21,23-24,35H,9-15H2,1-8H3,(H,30,37)(H,31,38)/t17?,18?,19-,20-,21?,23-,24?/m0/s1. The molecule has 2 aliphatic heterocycles. The van der Waals surface area contributed by atoms with Crippen molar-refractivity contribution in [2.75, 3.05) is 27.2 Å². The number of aliphatic hydroxyl groups excluding tert-OH is 1. The van der Waals surface area contributed by atoms with E-state index in [4.69, 9.17) is 4.74 Å². The van der Waals surface area contributed by atoms with Gasteiger partial charge in [0.2, 0.25) is 23.6 Å². The maximum Gasteiger partial charge on any atom is 0.308 e. The number of hydrogen-bond acceptors (Lipinski definition) is 8. The average molecular weight is 596 g/mol. The number of ether oxygens (including phenoxy) is 1. The van der Waals surface area contributed by atoms with E-state index in [9.17, 15) is 33.9 Å². The summed E-state index contributed by atoms with van der Waals surface area (Å²) in [4.78, 5) is 84.1. The number of carbonyl (C=O) groups is 6. The summed E-state index contributed by atoms with van der Waals surface area (Å²) in [6.07, 6.45) is -1.26. The third-order valence-electron chi connectivity index (χ3n) is 8.31. The van der Waals surface area contributed by atoms with Crippen molar-refractivity contribution in [2.45, 2.75) is 110 Å². The van der Waals surface area contributed by atoms with Crippen LogP contribution in [0.1, 0.15) is 73.6 Å². The molecule has 2 rings (SSSR count). The number of aliphatic hydroxyl groups is 1. The number of nitrogens with one attached hydrogen (secondary N) is 2. The molecule has 13 heteroatoms. The quantitative estimate of drug-likeness (QED) is 0.375. The number of likely N-dealkylation sites (N-methyl/N-ethyl adjacent to an activating group) is 2. The highest BCUT2D eigenvalue weighted by Gasteiger charge is 2.43. The fraction of sp³-hybridized carbons (Fsp3) is 0.793. The van der Waals surface area contributed by atoms with Gasteiger partial charge in [-0.25, -0.2) is 0 Å². The van der Waals surface area contributed by atoms with Gasteiger partial charge in [0.15, 0.2) is 6.10 Å². The number of cyclic esters (lactones) is 1. The highest BCUT2D eigenvalue weighted by atomic mass is 16.5. The third kappa shape index (κ3) is 8.42. The van der Waals surface area contributed by atoms with Gasteiger partial charge in [-0.2, -0.15) is 0 Å². The van der Waals surface area contributed by atoms with Crippen molar-refractivity contribution in [3.63, 3.8) is 0 Å². The molecule has 0 bridgehead atoms. The first-order valence-electron chi connectivity index (χ1n) is 14.9. The lowest BCUT2D eigenvalue weighted by Crippen LogP contribution is -2.60. The predicted octanol–water partition coefficient (Wildman–Crippen LogP) is 0.0408. The molecular formula is C29H49N5O8. The number of hydrogen-bond donors (Lipinski definition) is 3. The van der Waals surface area contributed by atoms with Crippen molar-refractivity contribution in [1.82, 2.24) is 25.3 Å². The molecular weight excluding hydrogens is 546 g/mol. The van der Waals surface area contributed by atoms with E-state index in [1.54, 1.807) is 20.8 Å². The fourth-order valence-electron chi connectivity index (χ4n) is 5.41. The fourth-order valence-corrected chi connectivity index (χ4v) is 5.41. The molecule has 0 aromatic carbocycles. The second-order valence-electron chi connectivity index (χ2n) is 11.9. The van der Waals surface area contributed by atoms with Gasteiger partial charge in [-0.15, -0.1) is 0 Å². The minimum Gasteiger partial charge on any atom is -0.452 e. The SMILES string of the molecule is CCC(C)[C@@H]1NC(=O)[C@@H]2CCCN2C(=O)C(CC(C)O)OC(=O)CCNC(=O)[C@H](C)N(C)C(=O)C(C(C)C)N(C)C1=O. The van der Waals surface area contributed by atoms with E-state index in [0.717, 1.165) is 0 Å². The van der Waals surface area contributed by atoms with Gasteiger partial charge >= 0.3 is 5.97 Å². The van der Waals surface area contributed by atoms with Crippen LogP contribution in [0.15, 0.2) is 0 Å². The molecule has 2 heterocycles. The van der Waals surface area contributed by atoms with Crippen molar-refractivity contribution in [3.8, 4) is 0 Å². The van der Waals surface area contributed by atoms with Crippen LogP contribution in [0.4, 0.5) is 0 Å². The third-order valence-corrected chi connectivity index (χ3v) is 8.31. The van der Waals surface area contributed by atoms with Gasteiger partial charge in [0.1, 0.15) is 24.2 Å². The molecule has 238 valence electrons. The van der Waals surface area contributed by atoms with Crippen LogP contribution in [0.2, 0.25) is 0 Å². The molecule has 5 amide bonds. The Labute approximate surface area is 248 Å². The summed E-state index contributed by atoms with van der Waals surface area (Å²) in [6.45, 7) is 10.5.